The molecule has 9 heteroatoms. The van der Waals surface area contributed by atoms with Gasteiger partial charge in [0.1, 0.15) is 0 Å². The van der Waals surface area contributed by atoms with Crippen LogP contribution in [0.25, 0.3) is 0 Å². The highest BCUT2D eigenvalue weighted by Crippen LogP contribution is 2.39. The van der Waals surface area contributed by atoms with Crippen LogP contribution in [-0.4, -0.2) is 80.1 Å². The lowest BCUT2D eigenvalue weighted by Gasteiger charge is -2.40. The molecule has 2 unspecified atom stereocenters. The molecule has 6 nitrogen and oxygen atoms in total. The van der Waals surface area contributed by atoms with E-state index in [9.17, 15) is 9.59 Å². The van der Waals surface area contributed by atoms with Gasteiger partial charge in [-0.15, -0.1) is 12.4 Å². The van der Waals surface area contributed by atoms with E-state index < -0.39 is 5.92 Å². The van der Waals surface area contributed by atoms with Gasteiger partial charge < -0.3 is 14.4 Å². The van der Waals surface area contributed by atoms with Crippen LogP contribution in [0, 0.1) is 0 Å². The summed E-state index contributed by atoms with van der Waals surface area (Å²) < 4.78 is 11.0. The number of ether oxygens (including phenoxy) is 2. The summed E-state index contributed by atoms with van der Waals surface area (Å²) >= 11 is 12.2. The van der Waals surface area contributed by atoms with Gasteiger partial charge in [0, 0.05) is 38.2 Å². The van der Waals surface area contributed by atoms with Crippen LogP contribution in [0.3, 0.4) is 0 Å². The Kier molecular flexibility index (Phi) is 7.23. The summed E-state index contributed by atoms with van der Waals surface area (Å²) in [4.78, 5) is 29.9. The zero-order valence-corrected chi connectivity index (χ0v) is 17.7. The Morgan fingerprint density at radius 1 is 1.07 bits per heavy atom. The zero-order chi connectivity index (χ0) is 19.0. The van der Waals surface area contributed by atoms with Gasteiger partial charge in [-0.05, 0) is 17.7 Å². The van der Waals surface area contributed by atoms with Gasteiger partial charge in [-0.2, -0.15) is 0 Å². The molecule has 3 aliphatic rings. The SMILES string of the molecule is Cl.O=C1CC(C(=O)N2CCOCC2CN2CCOCC2)c2cc(Cl)c(Cl)cc21. The fraction of sp³-hybridized carbons (Fsp3) is 0.579. The Morgan fingerprint density at radius 2 is 1.75 bits per heavy atom. The highest BCUT2D eigenvalue weighted by molar-refractivity contribution is 6.42. The third kappa shape index (κ3) is 4.32. The van der Waals surface area contributed by atoms with Crippen molar-refractivity contribution in [1.82, 2.24) is 9.80 Å². The molecule has 2 saturated heterocycles. The molecular formula is C19H23Cl3N2O4. The van der Waals surface area contributed by atoms with Crippen molar-refractivity contribution in [2.75, 3.05) is 52.6 Å². The van der Waals surface area contributed by atoms with Crippen LogP contribution in [0.15, 0.2) is 12.1 Å². The minimum absolute atomic E-state index is 0. The number of rotatable bonds is 3. The third-order valence-electron chi connectivity index (χ3n) is 5.54. The quantitative estimate of drug-likeness (QED) is 0.710. The molecule has 1 amide bonds. The standard InChI is InChI=1S/C19H22Cl2N2O4.ClH/c20-16-7-13-14(8-17(16)21)18(24)9-15(13)19(25)23-3-6-27-11-12(23)10-22-1-4-26-5-2-22;/h7-8,12,15H,1-6,9-11H2;1H. The number of carbonyl (C=O) groups excluding carboxylic acids is 2. The maximum absolute atomic E-state index is 13.4. The molecular weight excluding hydrogens is 427 g/mol. The second-order valence-electron chi connectivity index (χ2n) is 7.21. The van der Waals surface area contributed by atoms with Crippen molar-refractivity contribution < 1.29 is 19.1 Å². The Balaban J connectivity index is 0.00000225. The number of halogens is 3. The summed E-state index contributed by atoms with van der Waals surface area (Å²) in [7, 11) is 0. The lowest BCUT2D eigenvalue weighted by molar-refractivity contribution is -0.142. The van der Waals surface area contributed by atoms with E-state index in [0.29, 0.717) is 54.1 Å². The first kappa shape index (κ1) is 21.8. The van der Waals surface area contributed by atoms with Gasteiger partial charge in [0.05, 0.1) is 48.4 Å². The number of benzene rings is 1. The Labute approximate surface area is 180 Å². The van der Waals surface area contributed by atoms with E-state index in [-0.39, 0.29) is 36.6 Å². The molecule has 0 bridgehead atoms. The molecule has 154 valence electrons. The summed E-state index contributed by atoms with van der Waals surface area (Å²) in [5, 5.41) is 0.711. The predicted octanol–water partition coefficient (Wildman–Crippen LogP) is 2.64. The minimum Gasteiger partial charge on any atom is -0.379 e. The highest BCUT2D eigenvalue weighted by atomic mass is 35.5. The van der Waals surface area contributed by atoms with E-state index in [1.807, 2.05) is 4.90 Å². The zero-order valence-electron chi connectivity index (χ0n) is 15.4. The molecule has 28 heavy (non-hydrogen) atoms. The number of carbonyl (C=O) groups is 2. The van der Waals surface area contributed by atoms with Gasteiger partial charge in [0.25, 0.3) is 0 Å². The van der Waals surface area contributed by atoms with E-state index in [0.717, 1.165) is 19.6 Å². The maximum atomic E-state index is 13.4. The van der Waals surface area contributed by atoms with Crippen LogP contribution in [-0.2, 0) is 14.3 Å². The van der Waals surface area contributed by atoms with Gasteiger partial charge in [-0.25, -0.2) is 0 Å². The van der Waals surface area contributed by atoms with Crippen LogP contribution in [0.2, 0.25) is 10.0 Å². The van der Waals surface area contributed by atoms with Crippen LogP contribution in [0.5, 0.6) is 0 Å². The fourth-order valence-electron chi connectivity index (χ4n) is 4.10. The van der Waals surface area contributed by atoms with Crippen LogP contribution >= 0.6 is 35.6 Å². The number of morpholine rings is 2. The normalized spacial score (nSPS) is 25.4. The molecule has 2 atom stereocenters. The van der Waals surface area contributed by atoms with Crippen molar-refractivity contribution in [2.45, 2.75) is 18.4 Å². The first-order chi connectivity index (χ1) is 13.0. The topological polar surface area (TPSA) is 59.1 Å². The molecule has 1 aromatic rings. The molecule has 2 heterocycles. The molecule has 2 fully saturated rings. The molecule has 1 aliphatic carbocycles. The van der Waals surface area contributed by atoms with Crippen molar-refractivity contribution in [3.05, 3.63) is 33.3 Å². The predicted molar refractivity (Wildman–Crippen MR) is 109 cm³/mol. The average molecular weight is 450 g/mol. The number of hydrogen-bond acceptors (Lipinski definition) is 5. The number of Topliss-reactive ketones (excluding diaryl/α,β-unsaturated/α-hetero) is 1. The van der Waals surface area contributed by atoms with Crippen molar-refractivity contribution in [3.63, 3.8) is 0 Å². The van der Waals surface area contributed by atoms with E-state index >= 15 is 0 Å². The number of ketones is 1. The number of nitrogens with zero attached hydrogens (tertiary/aromatic N) is 2. The molecule has 0 N–H and O–H groups in total. The van der Waals surface area contributed by atoms with Gasteiger partial charge in [-0.1, -0.05) is 23.2 Å². The Morgan fingerprint density at radius 3 is 2.50 bits per heavy atom. The molecule has 4 rings (SSSR count). The number of amides is 1. The van der Waals surface area contributed by atoms with E-state index in [1.165, 1.54) is 0 Å². The van der Waals surface area contributed by atoms with Crippen molar-refractivity contribution in [3.8, 4) is 0 Å². The lowest BCUT2D eigenvalue weighted by Crippen LogP contribution is -2.55. The first-order valence-corrected chi connectivity index (χ1v) is 10.0. The molecule has 1 aromatic carbocycles. The van der Waals surface area contributed by atoms with Crippen molar-refractivity contribution >= 4 is 47.3 Å². The lowest BCUT2D eigenvalue weighted by atomic mass is 9.98. The van der Waals surface area contributed by atoms with Crippen LogP contribution in [0.1, 0.15) is 28.3 Å². The summed E-state index contributed by atoms with van der Waals surface area (Å²) in [5.74, 6) is -0.575. The monoisotopic (exact) mass is 448 g/mol. The first-order valence-electron chi connectivity index (χ1n) is 9.25. The molecule has 0 aromatic heterocycles. The van der Waals surface area contributed by atoms with Gasteiger partial charge in [0.2, 0.25) is 5.91 Å². The summed E-state index contributed by atoms with van der Waals surface area (Å²) in [5.41, 5.74) is 1.21. The average Bonchev–Trinajstić information content (AvgIpc) is 2.99. The smallest absolute Gasteiger partial charge is 0.231 e. The molecule has 0 spiro atoms. The molecule has 0 saturated carbocycles. The largest absolute Gasteiger partial charge is 0.379 e. The van der Waals surface area contributed by atoms with Crippen molar-refractivity contribution in [1.29, 1.82) is 0 Å². The van der Waals surface area contributed by atoms with E-state index in [1.54, 1.807) is 12.1 Å². The molecule has 0 radical (unpaired) electrons. The summed E-state index contributed by atoms with van der Waals surface area (Å²) in [6, 6.07) is 3.23. The highest BCUT2D eigenvalue weighted by Gasteiger charge is 2.40. The Bertz CT molecular complexity index is 755. The second kappa shape index (κ2) is 9.28. The van der Waals surface area contributed by atoms with E-state index in [2.05, 4.69) is 4.90 Å². The second-order valence-corrected chi connectivity index (χ2v) is 8.02. The Hall–Kier alpha value is -0.890. The van der Waals surface area contributed by atoms with Gasteiger partial charge in [0.15, 0.2) is 5.78 Å². The fourth-order valence-corrected chi connectivity index (χ4v) is 4.43. The molecule has 2 aliphatic heterocycles. The van der Waals surface area contributed by atoms with Crippen LogP contribution < -0.4 is 0 Å². The number of fused-ring (bicyclic) bond motifs is 1. The number of hydrogen-bond donors (Lipinski definition) is 0. The third-order valence-corrected chi connectivity index (χ3v) is 6.26. The van der Waals surface area contributed by atoms with E-state index in [4.69, 9.17) is 32.7 Å². The van der Waals surface area contributed by atoms with Crippen molar-refractivity contribution in [2.24, 2.45) is 0 Å². The van der Waals surface area contributed by atoms with Gasteiger partial charge >= 0.3 is 0 Å². The van der Waals surface area contributed by atoms with Crippen LogP contribution in [0.4, 0.5) is 0 Å². The minimum atomic E-state index is -0.493. The summed E-state index contributed by atoms with van der Waals surface area (Å²) in [6.45, 7) is 5.46. The maximum Gasteiger partial charge on any atom is 0.231 e. The van der Waals surface area contributed by atoms with Gasteiger partial charge in [-0.3, -0.25) is 14.5 Å². The summed E-state index contributed by atoms with van der Waals surface area (Å²) in [6.07, 6.45) is 0.173.